The quantitative estimate of drug-likeness (QED) is 0.271. The molecule has 0 amide bonds. The Balaban J connectivity index is 1.29. The van der Waals surface area contributed by atoms with E-state index in [1.54, 1.807) is 18.5 Å². The highest BCUT2D eigenvalue weighted by molar-refractivity contribution is 5.97. The van der Waals surface area contributed by atoms with Gasteiger partial charge in [-0.2, -0.15) is 4.98 Å². The average Bonchev–Trinajstić information content (AvgIpc) is 3.40. The van der Waals surface area contributed by atoms with Crippen molar-refractivity contribution in [3.05, 3.63) is 115 Å². The first kappa shape index (κ1) is 23.2. The second-order valence-corrected chi connectivity index (χ2v) is 8.69. The SMILES string of the molecule is Nc1nccc(-c2c[nH]c3nc(OCc4ccc(-c5cccnc5)cc4)cc(OCc4ccccc4)c23)n1. The summed E-state index contributed by atoms with van der Waals surface area (Å²) in [5.74, 6) is 1.28. The van der Waals surface area contributed by atoms with Crippen LogP contribution in [0.2, 0.25) is 0 Å². The molecule has 6 aromatic rings. The molecule has 0 aliphatic carbocycles. The molecule has 8 nitrogen and oxygen atoms in total. The lowest BCUT2D eigenvalue weighted by atomic mass is 10.1. The number of nitrogens with zero attached hydrogens (tertiary/aromatic N) is 4. The highest BCUT2D eigenvalue weighted by atomic mass is 16.5. The lowest BCUT2D eigenvalue weighted by Gasteiger charge is -2.12. The van der Waals surface area contributed by atoms with Gasteiger partial charge in [-0.1, -0.05) is 60.7 Å². The third-order valence-electron chi connectivity index (χ3n) is 6.11. The van der Waals surface area contributed by atoms with Gasteiger partial charge in [-0.15, -0.1) is 0 Å². The van der Waals surface area contributed by atoms with Gasteiger partial charge in [0.1, 0.15) is 24.6 Å². The number of aromatic amines is 1. The zero-order valence-electron chi connectivity index (χ0n) is 20.4. The Hall–Kier alpha value is -5.24. The van der Waals surface area contributed by atoms with Gasteiger partial charge in [0.15, 0.2) is 0 Å². The minimum atomic E-state index is 0.200. The molecule has 0 saturated heterocycles. The highest BCUT2D eigenvalue weighted by Crippen LogP contribution is 2.37. The Morgan fingerprint density at radius 3 is 2.37 bits per heavy atom. The van der Waals surface area contributed by atoms with Crippen molar-refractivity contribution >= 4 is 17.0 Å². The van der Waals surface area contributed by atoms with Crippen LogP contribution in [0.15, 0.2) is 104 Å². The summed E-state index contributed by atoms with van der Waals surface area (Å²) in [4.78, 5) is 20.5. The van der Waals surface area contributed by atoms with Crippen LogP contribution in [-0.2, 0) is 13.2 Å². The first-order chi connectivity index (χ1) is 18.7. The molecule has 0 atom stereocenters. The molecule has 0 bridgehead atoms. The lowest BCUT2D eigenvalue weighted by Crippen LogP contribution is -2.01. The van der Waals surface area contributed by atoms with Crippen LogP contribution in [0.4, 0.5) is 5.95 Å². The van der Waals surface area contributed by atoms with Gasteiger partial charge in [0.05, 0.1) is 11.1 Å². The molecule has 0 unspecified atom stereocenters. The third-order valence-corrected chi connectivity index (χ3v) is 6.11. The molecule has 0 fully saturated rings. The maximum absolute atomic E-state index is 6.29. The minimum Gasteiger partial charge on any atom is -0.488 e. The van der Waals surface area contributed by atoms with E-state index in [-0.39, 0.29) is 5.95 Å². The van der Waals surface area contributed by atoms with Crippen LogP contribution in [-0.4, -0.2) is 24.9 Å². The Morgan fingerprint density at radius 1 is 0.763 bits per heavy atom. The summed E-state index contributed by atoms with van der Waals surface area (Å²) in [6.45, 7) is 0.756. The summed E-state index contributed by atoms with van der Waals surface area (Å²) in [5.41, 5.74) is 12.2. The first-order valence-electron chi connectivity index (χ1n) is 12.1. The summed E-state index contributed by atoms with van der Waals surface area (Å²) in [6.07, 6.45) is 7.09. The van der Waals surface area contributed by atoms with Gasteiger partial charge in [-0.05, 0) is 34.4 Å². The third kappa shape index (κ3) is 5.01. The summed E-state index contributed by atoms with van der Waals surface area (Å²) >= 11 is 0. The fourth-order valence-corrected chi connectivity index (χ4v) is 4.21. The van der Waals surface area contributed by atoms with Crippen LogP contribution in [0, 0.1) is 0 Å². The molecule has 3 N–H and O–H groups in total. The van der Waals surface area contributed by atoms with Gasteiger partial charge >= 0.3 is 0 Å². The van der Waals surface area contributed by atoms with Crippen LogP contribution in [0.1, 0.15) is 11.1 Å². The van der Waals surface area contributed by atoms with Gasteiger partial charge in [0.2, 0.25) is 11.8 Å². The average molecular weight is 501 g/mol. The van der Waals surface area contributed by atoms with Crippen molar-refractivity contribution in [2.75, 3.05) is 5.73 Å². The van der Waals surface area contributed by atoms with Crippen molar-refractivity contribution < 1.29 is 9.47 Å². The number of fused-ring (bicyclic) bond motifs is 1. The number of nitrogen functional groups attached to an aromatic ring is 1. The number of H-pyrrole nitrogens is 1. The zero-order valence-corrected chi connectivity index (χ0v) is 20.4. The van der Waals surface area contributed by atoms with Crippen molar-refractivity contribution in [2.45, 2.75) is 13.2 Å². The first-order valence-corrected chi connectivity index (χ1v) is 12.1. The largest absolute Gasteiger partial charge is 0.488 e. The number of rotatable bonds is 8. The Kier molecular flexibility index (Phi) is 6.34. The van der Waals surface area contributed by atoms with Crippen molar-refractivity contribution in [1.82, 2.24) is 24.9 Å². The Labute approximate surface area is 219 Å². The fraction of sp³-hybridized carbons (Fsp3) is 0.0667. The van der Waals surface area contributed by atoms with Crippen LogP contribution in [0.3, 0.4) is 0 Å². The number of hydrogen-bond donors (Lipinski definition) is 2. The van der Waals surface area contributed by atoms with Crippen molar-refractivity contribution in [3.63, 3.8) is 0 Å². The van der Waals surface area contributed by atoms with E-state index in [1.807, 2.05) is 73.1 Å². The van der Waals surface area contributed by atoms with E-state index >= 15 is 0 Å². The van der Waals surface area contributed by atoms with Gasteiger partial charge in [0, 0.05) is 36.4 Å². The fourth-order valence-electron chi connectivity index (χ4n) is 4.21. The molecule has 186 valence electrons. The lowest BCUT2D eigenvalue weighted by molar-refractivity contribution is 0.284. The number of pyridine rings is 2. The minimum absolute atomic E-state index is 0.200. The van der Waals surface area contributed by atoms with E-state index in [2.05, 4.69) is 32.1 Å². The molecular formula is C30H24N6O2. The highest BCUT2D eigenvalue weighted by Gasteiger charge is 2.17. The molecule has 8 heteroatoms. The van der Waals surface area contributed by atoms with E-state index in [0.717, 1.165) is 33.2 Å². The summed E-state index contributed by atoms with van der Waals surface area (Å²) in [6, 6.07) is 25.8. The van der Waals surface area contributed by atoms with E-state index in [9.17, 15) is 0 Å². The number of nitrogens with two attached hydrogens (primary N) is 1. The van der Waals surface area contributed by atoms with Gasteiger partial charge in [-0.25, -0.2) is 9.97 Å². The number of aromatic nitrogens is 5. The second kappa shape index (κ2) is 10.4. The van der Waals surface area contributed by atoms with E-state index in [4.69, 9.17) is 20.2 Å². The molecule has 0 saturated carbocycles. The summed E-state index contributed by atoms with van der Waals surface area (Å²) in [5, 5.41) is 0.798. The van der Waals surface area contributed by atoms with E-state index in [1.165, 1.54) is 0 Å². The van der Waals surface area contributed by atoms with E-state index in [0.29, 0.717) is 36.2 Å². The molecule has 6 rings (SSSR count). The van der Waals surface area contributed by atoms with Crippen molar-refractivity contribution in [1.29, 1.82) is 0 Å². The van der Waals surface area contributed by atoms with Crippen LogP contribution < -0.4 is 15.2 Å². The molecule has 38 heavy (non-hydrogen) atoms. The molecule has 0 aliphatic heterocycles. The Bertz CT molecular complexity index is 1670. The van der Waals surface area contributed by atoms with Crippen LogP contribution in [0.5, 0.6) is 11.6 Å². The molecule has 4 heterocycles. The summed E-state index contributed by atoms with van der Waals surface area (Å²) < 4.78 is 12.4. The van der Waals surface area contributed by atoms with E-state index < -0.39 is 0 Å². The predicted molar refractivity (Wildman–Crippen MR) is 146 cm³/mol. The summed E-state index contributed by atoms with van der Waals surface area (Å²) in [7, 11) is 0. The van der Waals surface area contributed by atoms with Crippen LogP contribution in [0.25, 0.3) is 33.4 Å². The molecule has 0 radical (unpaired) electrons. The Morgan fingerprint density at radius 2 is 1.58 bits per heavy atom. The van der Waals surface area contributed by atoms with Gasteiger partial charge < -0.3 is 20.2 Å². The molecule has 4 aromatic heterocycles. The zero-order chi connectivity index (χ0) is 25.7. The van der Waals surface area contributed by atoms with Crippen molar-refractivity contribution in [3.8, 4) is 34.0 Å². The van der Waals surface area contributed by atoms with Gasteiger partial charge in [0.25, 0.3) is 0 Å². The molecule has 0 aliphatic rings. The maximum Gasteiger partial charge on any atom is 0.220 e. The number of anilines is 1. The smallest absolute Gasteiger partial charge is 0.220 e. The standard InChI is InChI=1S/C30H24N6O2/c31-30-33-14-12-25(35-30)24-17-34-29-28(24)26(37-18-20-5-2-1-3-6-20)15-27(36-29)38-19-21-8-10-22(11-9-21)23-7-4-13-32-16-23/h1-17H,18-19H2,(H,34,36)(H2,31,33,35). The number of hydrogen-bond acceptors (Lipinski definition) is 7. The topological polar surface area (TPSA) is 112 Å². The predicted octanol–water partition coefficient (Wildman–Crippen LogP) is 5.82. The number of ether oxygens (including phenoxy) is 2. The van der Waals surface area contributed by atoms with Gasteiger partial charge in [-0.3, -0.25) is 4.98 Å². The monoisotopic (exact) mass is 500 g/mol. The normalized spacial score (nSPS) is 10.9. The van der Waals surface area contributed by atoms with Crippen molar-refractivity contribution in [2.24, 2.45) is 0 Å². The molecule has 0 spiro atoms. The number of benzene rings is 2. The van der Waals surface area contributed by atoms with Crippen LogP contribution >= 0.6 is 0 Å². The molecular weight excluding hydrogens is 476 g/mol. The molecule has 2 aromatic carbocycles. The number of nitrogens with one attached hydrogen (secondary N) is 1. The second-order valence-electron chi connectivity index (χ2n) is 8.69. The maximum atomic E-state index is 6.29.